The van der Waals surface area contributed by atoms with Gasteiger partial charge in [0.1, 0.15) is 0 Å². The van der Waals surface area contributed by atoms with E-state index in [0.717, 1.165) is 5.56 Å². The van der Waals surface area contributed by atoms with Crippen LogP contribution in [0.2, 0.25) is 0 Å². The van der Waals surface area contributed by atoms with Crippen molar-refractivity contribution >= 4 is 17.8 Å². The Balaban J connectivity index is 1.86. The van der Waals surface area contributed by atoms with Gasteiger partial charge in [-0.15, -0.1) is 0 Å². The maximum Gasteiger partial charge on any atom is 0.312 e. The third kappa shape index (κ3) is 5.15. The third-order valence-corrected chi connectivity index (χ3v) is 4.69. The molecule has 2 atom stereocenters. The average molecular weight is 392 g/mol. The maximum absolute atomic E-state index is 12.3. The lowest BCUT2D eigenvalue weighted by molar-refractivity contribution is -0.158. The number of nitrogens with one attached hydrogen (secondary N) is 1. The molecule has 1 aromatic rings. The van der Waals surface area contributed by atoms with Crippen LogP contribution in [0.15, 0.2) is 18.2 Å². The molecule has 0 bridgehead atoms. The largest absolute Gasteiger partial charge is 0.493 e. The zero-order chi connectivity index (χ0) is 20.8. The fraction of sp³-hybridized carbons (Fsp3) is 0.550. The first kappa shape index (κ1) is 21.5. The average Bonchev–Trinajstić information content (AvgIpc) is 3.07. The molecule has 2 rings (SSSR count). The Bertz CT molecular complexity index is 733. The number of methoxy groups -OCH3 is 2. The Labute approximate surface area is 165 Å². The van der Waals surface area contributed by atoms with Crippen LogP contribution in [0.1, 0.15) is 32.8 Å². The number of carbonyl (C=O) groups excluding carboxylic acids is 3. The summed E-state index contributed by atoms with van der Waals surface area (Å²) in [6.45, 7) is 5.89. The number of benzene rings is 1. The van der Waals surface area contributed by atoms with Crippen molar-refractivity contribution in [2.75, 3.05) is 20.8 Å². The number of hydrogen-bond acceptors (Lipinski definition) is 6. The molecule has 1 aliphatic heterocycles. The van der Waals surface area contributed by atoms with Crippen LogP contribution in [-0.2, 0) is 25.7 Å². The Hall–Kier alpha value is -2.77. The van der Waals surface area contributed by atoms with Gasteiger partial charge in [-0.05, 0) is 38.5 Å². The summed E-state index contributed by atoms with van der Waals surface area (Å²) >= 11 is 0. The van der Waals surface area contributed by atoms with Crippen LogP contribution in [0.5, 0.6) is 11.5 Å². The number of ether oxygens (including phenoxy) is 3. The van der Waals surface area contributed by atoms with Crippen LogP contribution >= 0.6 is 0 Å². The van der Waals surface area contributed by atoms with E-state index in [-0.39, 0.29) is 24.9 Å². The van der Waals surface area contributed by atoms with Gasteiger partial charge in [0.05, 0.1) is 20.1 Å². The van der Waals surface area contributed by atoms with Crippen molar-refractivity contribution in [2.24, 2.45) is 5.92 Å². The van der Waals surface area contributed by atoms with Gasteiger partial charge >= 0.3 is 5.97 Å². The zero-order valence-electron chi connectivity index (χ0n) is 17.0. The van der Waals surface area contributed by atoms with Crippen LogP contribution < -0.4 is 14.8 Å². The highest BCUT2D eigenvalue weighted by Crippen LogP contribution is 2.27. The first-order valence-electron chi connectivity index (χ1n) is 9.25. The third-order valence-electron chi connectivity index (χ3n) is 4.69. The van der Waals surface area contributed by atoms with E-state index in [2.05, 4.69) is 5.32 Å². The van der Waals surface area contributed by atoms with Crippen molar-refractivity contribution in [3.05, 3.63) is 23.8 Å². The van der Waals surface area contributed by atoms with Crippen LogP contribution in [-0.4, -0.2) is 55.6 Å². The number of carbonyl (C=O) groups is 3. The minimum Gasteiger partial charge on any atom is -0.493 e. The van der Waals surface area contributed by atoms with Crippen molar-refractivity contribution in [1.29, 1.82) is 0 Å². The van der Waals surface area contributed by atoms with Gasteiger partial charge in [-0.25, -0.2) is 0 Å². The van der Waals surface area contributed by atoms with Crippen LogP contribution in [0, 0.1) is 5.92 Å². The van der Waals surface area contributed by atoms with Crippen LogP contribution in [0.3, 0.4) is 0 Å². The number of hydrogen-bond donors (Lipinski definition) is 1. The van der Waals surface area contributed by atoms with E-state index in [1.807, 2.05) is 19.9 Å². The molecule has 0 aliphatic carbocycles. The first-order valence-corrected chi connectivity index (χ1v) is 9.25. The lowest BCUT2D eigenvalue weighted by Crippen LogP contribution is -2.37. The van der Waals surface area contributed by atoms with Crippen molar-refractivity contribution < 1.29 is 28.6 Å². The monoisotopic (exact) mass is 392 g/mol. The van der Waals surface area contributed by atoms with Gasteiger partial charge in [-0.1, -0.05) is 6.07 Å². The molecule has 0 saturated carbocycles. The molecule has 1 aromatic carbocycles. The van der Waals surface area contributed by atoms with E-state index in [1.54, 1.807) is 24.1 Å². The van der Waals surface area contributed by atoms with Gasteiger partial charge in [0.15, 0.2) is 17.6 Å². The molecule has 28 heavy (non-hydrogen) atoms. The number of likely N-dealkylation sites (tertiary alicyclic amines) is 1. The standard InChI is InChI=1S/C20H28N2O6/c1-12(2)22-11-15(9-18(22)23)20(25)28-13(3)19(24)21-10-14-6-7-16(26-4)17(8-14)27-5/h6-8,12-13,15H,9-11H2,1-5H3,(H,21,24). The van der Waals surface area contributed by atoms with Gasteiger partial charge < -0.3 is 24.4 Å². The highest BCUT2D eigenvalue weighted by Gasteiger charge is 2.37. The summed E-state index contributed by atoms with van der Waals surface area (Å²) in [7, 11) is 3.09. The van der Waals surface area contributed by atoms with E-state index < -0.39 is 23.9 Å². The van der Waals surface area contributed by atoms with Crippen molar-refractivity contribution in [2.45, 2.75) is 45.9 Å². The minimum absolute atomic E-state index is 0.0347. The molecule has 0 spiro atoms. The molecular weight excluding hydrogens is 364 g/mol. The summed E-state index contributed by atoms with van der Waals surface area (Å²) in [5, 5.41) is 2.73. The second-order valence-corrected chi connectivity index (χ2v) is 7.03. The topological polar surface area (TPSA) is 94.2 Å². The summed E-state index contributed by atoms with van der Waals surface area (Å²) < 4.78 is 15.7. The summed E-state index contributed by atoms with van der Waals surface area (Å²) in [4.78, 5) is 38.1. The molecule has 1 saturated heterocycles. The SMILES string of the molecule is COc1ccc(CNC(=O)C(C)OC(=O)C2CC(=O)N(C(C)C)C2)cc1OC. The van der Waals surface area contributed by atoms with E-state index in [4.69, 9.17) is 14.2 Å². The van der Waals surface area contributed by atoms with Crippen molar-refractivity contribution in [3.63, 3.8) is 0 Å². The fourth-order valence-electron chi connectivity index (χ4n) is 3.04. The Morgan fingerprint density at radius 1 is 1.18 bits per heavy atom. The van der Waals surface area contributed by atoms with E-state index in [1.165, 1.54) is 14.0 Å². The molecular formula is C20H28N2O6. The lowest BCUT2D eigenvalue weighted by atomic mass is 10.1. The lowest BCUT2D eigenvalue weighted by Gasteiger charge is -2.21. The Morgan fingerprint density at radius 3 is 2.43 bits per heavy atom. The van der Waals surface area contributed by atoms with Gasteiger partial charge in [0.2, 0.25) is 5.91 Å². The van der Waals surface area contributed by atoms with Crippen molar-refractivity contribution in [3.8, 4) is 11.5 Å². The van der Waals surface area contributed by atoms with E-state index in [9.17, 15) is 14.4 Å². The molecule has 1 fully saturated rings. The maximum atomic E-state index is 12.3. The van der Waals surface area contributed by atoms with Gasteiger partial charge in [0.25, 0.3) is 5.91 Å². The molecule has 1 N–H and O–H groups in total. The summed E-state index contributed by atoms with van der Waals surface area (Å²) in [6, 6.07) is 5.36. The highest BCUT2D eigenvalue weighted by atomic mass is 16.5. The van der Waals surface area contributed by atoms with E-state index >= 15 is 0 Å². The predicted octanol–water partition coefficient (Wildman–Crippen LogP) is 1.51. The zero-order valence-corrected chi connectivity index (χ0v) is 17.0. The number of rotatable bonds is 8. The molecule has 2 unspecified atom stereocenters. The van der Waals surface area contributed by atoms with Gasteiger partial charge in [0, 0.05) is 25.6 Å². The first-order chi connectivity index (χ1) is 13.3. The van der Waals surface area contributed by atoms with Crippen LogP contribution in [0.4, 0.5) is 0 Å². The molecule has 8 heteroatoms. The Kier molecular flexibility index (Phi) is 7.25. The van der Waals surface area contributed by atoms with Crippen LogP contribution in [0.25, 0.3) is 0 Å². The van der Waals surface area contributed by atoms with Crippen molar-refractivity contribution in [1.82, 2.24) is 10.2 Å². The second-order valence-electron chi connectivity index (χ2n) is 7.03. The minimum atomic E-state index is -0.948. The molecule has 0 aromatic heterocycles. The normalized spacial score (nSPS) is 17.4. The molecule has 2 amide bonds. The highest BCUT2D eigenvalue weighted by molar-refractivity contribution is 5.89. The second kappa shape index (κ2) is 9.43. The number of nitrogens with zero attached hydrogens (tertiary/aromatic N) is 1. The number of amides is 2. The molecule has 1 aliphatic rings. The molecule has 154 valence electrons. The van der Waals surface area contributed by atoms with Gasteiger partial charge in [-0.3, -0.25) is 14.4 Å². The molecule has 8 nitrogen and oxygen atoms in total. The predicted molar refractivity (Wildman–Crippen MR) is 102 cm³/mol. The molecule has 0 radical (unpaired) electrons. The summed E-state index contributed by atoms with van der Waals surface area (Å²) in [6.07, 6.45) is -0.826. The Morgan fingerprint density at radius 2 is 1.86 bits per heavy atom. The number of esters is 1. The summed E-state index contributed by atoms with van der Waals surface area (Å²) in [5.74, 6) is -0.368. The smallest absolute Gasteiger partial charge is 0.312 e. The molecule has 1 heterocycles. The summed E-state index contributed by atoms with van der Waals surface area (Å²) in [5.41, 5.74) is 0.818. The fourth-order valence-corrected chi connectivity index (χ4v) is 3.04. The quantitative estimate of drug-likeness (QED) is 0.674. The van der Waals surface area contributed by atoms with Gasteiger partial charge in [-0.2, -0.15) is 0 Å². The van der Waals surface area contributed by atoms with E-state index in [0.29, 0.717) is 18.0 Å².